The zero-order chi connectivity index (χ0) is 24.2. The average molecular weight is 522 g/mol. The number of hydrogen-bond acceptors (Lipinski definition) is 3. The molecule has 1 aromatic heterocycles. The summed E-state index contributed by atoms with van der Waals surface area (Å²) in [6.07, 6.45) is 1.71. The zero-order valence-electron chi connectivity index (χ0n) is 18.6. The first-order valence-electron chi connectivity index (χ1n) is 11.0. The Morgan fingerprint density at radius 1 is 0.771 bits per heavy atom. The molecule has 5 aromatic rings. The third-order valence-corrected chi connectivity index (χ3v) is 6.18. The van der Waals surface area contributed by atoms with Crippen molar-refractivity contribution < 1.29 is 4.92 Å². The van der Waals surface area contributed by atoms with Crippen LogP contribution in [0.2, 0.25) is 0 Å². The maximum atomic E-state index is 11.5. The molecule has 6 heteroatoms. The lowest BCUT2D eigenvalue weighted by Gasteiger charge is -2.15. The molecule has 0 aliphatic carbocycles. The molecule has 1 heterocycles. The summed E-state index contributed by atoms with van der Waals surface area (Å²) in [6.45, 7) is 0. The van der Waals surface area contributed by atoms with E-state index in [1.165, 1.54) is 6.07 Å². The van der Waals surface area contributed by atoms with Crippen LogP contribution in [-0.2, 0) is 0 Å². The van der Waals surface area contributed by atoms with Crippen molar-refractivity contribution in [2.24, 2.45) is 4.99 Å². The number of aliphatic imine (C=N–C) groups is 1. The standard InChI is InChI=1S/C29H20BrN3O2/c30-24-15-17-25(18-16-24)32-28(21-9-3-1-4-10-21)19-23(29(32)22-11-5-2-6-12-22)20-31-26-13-7-8-14-27(26)33(34)35/h1-20H. The van der Waals surface area contributed by atoms with E-state index in [4.69, 9.17) is 0 Å². The number of benzene rings is 4. The van der Waals surface area contributed by atoms with Gasteiger partial charge in [-0.1, -0.05) is 88.7 Å². The molecule has 4 aromatic carbocycles. The van der Waals surface area contributed by atoms with E-state index in [-0.39, 0.29) is 5.69 Å². The molecule has 0 radical (unpaired) electrons. The second-order valence-corrected chi connectivity index (χ2v) is 8.80. The van der Waals surface area contributed by atoms with Gasteiger partial charge in [0.05, 0.1) is 16.3 Å². The van der Waals surface area contributed by atoms with Crippen LogP contribution in [0.3, 0.4) is 0 Å². The van der Waals surface area contributed by atoms with Crippen molar-refractivity contribution in [3.05, 3.63) is 135 Å². The Morgan fingerprint density at radius 3 is 2.03 bits per heavy atom. The Morgan fingerprint density at radius 2 is 1.37 bits per heavy atom. The van der Waals surface area contributed by atoms with Crippen molar-refractivity contribution in [2.45, 2.75) is 0 Å². The van der Waals surface area contributed by atoms with E-state index in [2.05, 4.69) is 68.0 Å². The third kappa shape index (κ3) is 4.69. The molecule has 0 aliphatic heterocycles. The molecule has 0 saturated carbocycles. The van der Waals surface area contributed by atoms with Crippen molar-refractivity contribution in [3.8, 4) is 28.2 Å². The van der Waals surface area contributed by atoms with Gasteiger partial charge in [0.15, 0.2) is 0 Å². The molecular formula is C29H20BrN3O2. The van der Waals surface area contributed by atoms with Crippen LogP contribution in [0, 0.1) is 10.1 Å². The van der Waals surface area contributed by atoms with E-state index in [0.717, 1.165) is 38.2 Å². The highest BCUT2D eigenvalue weighted by molar-refractivity contribution is 9.10. The Balaban J connectivity index is 1.78. The van der Waals surface area contributed by atoms with E-state index >= 15 is 0 Å². The first kappa shape index (κ1) is 22.5. The summed E-state index contributed by atoms with van der Waals surface area (Å²) in [5.74, 6) is 0. The van der Waals surface area contributed by atoms with E-state index in [1.54, 1.807) is 24.4 Å². The van der Waals surface area contributed by atoms with E-state index in [1.807, 2.05) is 48.5 Å². The van der Waals surface area contributed by atoms with Gasteiger partial charge in [0, 0.05) is 28.0 Å². The minimum atomic E-state index is -0.410. The fourth-order valence-corrected chi connectivity index (χ4v) is 4.33. The molecule has 0 bridgehead atoms. The van der Waals surface area contributed by atoms with Crippen molar-refractivity contribution in [1.29, 1.82) is 0 Å². The second-order valence-electron chi connectivity index (χ2n) is 7.88. The lowest BCUT2D eigenvalue weighted by molar-refractivity contribution is -0.384. The normalized spacial score (nSPS) is 11.1. The minimum Gasteiger partial charge on any atom is -0.309 e. The number of rotatable bonds is 6. The predicted octanol–water partition coefficient (Wildman–Crippen LogP) is 8.23. The quantitative estimate of drug-likeness (QED) is 0.128. The van der Waals surface area contributed by atoms with Crippen LogP contribution in [0.25, 0.3) is 28.2 Å². The second kappa shape index (κ2) is 9.91. The Labute approximate surface area is 211 Å². The number of nitrogens with zero attached hydrogens (tertiary/aromatic N) is 3. The third-order valence-electron chi connectivity index (χ3n) is 5.65. The lowest BCUT2D eigenvalue weighted by atomic mass is 10.1. The van der Waals surface area contributed by atoms with Gasteiger partial charge in [-0.05, 0) is 47.5 Å². The predicted molar refractivity (Wildman–Crippen MR) is 145 cm³/mol. The summed E-state index contributed by atoms with van der Waals surface area (Å²) < 4.78 is 3.20. The van der Waals surface area contributed by atoms with Gasteiger partial charge < -0.3 is 4.57 Å². The van der Waals surface area contributed by atoms with Crippen LogP contribution in [0.1, 0.15) is 5.56 Å². The van der Waals surface area contributed by atoms with Crippen molar-refractivity contribution >= 4 is 33.5 Å². The largest absolute Gasteiger partial charge is 0.309 e. The molecule has 170 valence electrons. The van der Waals surface area contributed by atoms with E-state index in [0.29, 0.717) is 5.69 Å². The maximum Gasteiger partial charge on any atom is 0.294 e. The maximum absolute atomic E-state index is 11.5. The molecule has 0 spiro atoms. The van der Waals surface area contributed by atoms with Gasteiger partial charge in [0.2, 0.25) is 0 Å². The summed E-state index contributed by atoms with van der Waals surface area (Å²) in [4.78, 5) is 15.6. The van der Waals surface area contributed by atoms with Gasteiger partial charge in [0.25, 0.3) is 5.69 Å². The Kier molecular flexibility index (Phi) is 6.37. The smallest absolute Gasteiger partial charge is 0.294 e. The molecule has 0 unspecified atom stereocenters. The van der Waals surface area contributed by atoms with Crippen molar-refractivity contribution in [3.63, 3.8) is 0 Å². The molecule has 5 rings (SSSR count). The molecule has 0 N–H and O–H groups in total. The Bertz CT molecular complexity index is 1510. The SMILES string of the molecule is O=[N+]([O-])c1ccccc1N=Cc1cc(-c2ccccc2)n(-c2ccc(Br)cc2)c1-c1ccccc1. The molecule has 0 saturated heterocycles. The highest BCUT2D eigenvalue weighted by Gasteiger charge is 2.19. The summed E-state index contributed by atoms with van der Waals surface area (Å²) in [6, 6.07) is 37.0. The summed E-state index contributed by atoms with van der Waals surface area (Å²) in [7, 11) is 0. The number of hydrogen-bond donors (Lipinski definition) is 0. The van der Waals surface area contributed by atoms with E-state index in [9.17, 15) is 10.1 Å². The van der Waals surface area contributed by atoms with Crippen LogP contribution in [0.15, 0.2) is 125 Å². The Hall–Kier alpha value is -4.29. The first-order valence-corrected chi connectivity index (χ1v) is 11.8. The highest BCUT2D eigenvalue weighted by atomic mass is 79.9. The molecular weight excluding hydrogens is 502 g/mol. The van der Waals surface area contributed by atoms with Gasteiger partial charge in [-0.3, -0.25) is 10.1 Å². The molecule has 0 fully saturated rings. The molecule has 0 aliphatic rings. The topological polar surface area (TPSA) is 60.4 Å². The number of nitro benzene ring substituents is 1. The molecule has 0 atom stereocenters. The summed E-state index contributed by atoms with van der Waals surface area (Å²) in [5, 5.41) is 11.5. The van der Waals surface area contributed by atoms with E-state index < -0.39 is 4.92 Å². The van der Waals surface area contributed by atoms with Gasteiger partial charge in [0.1, 0.15) is 5.69 Å². The van der Waals surface area contributed by atoms with Crippen molar-refractivity contribution in [2.75, 3.05) is 0 Å². The number of nitro groups is 1. The number of halogens is 1. The fraction of sp³-hybridized carbons (Fsp3) is 0. The van der Waals surface area contributed by atoms with Gasteiger partial charge in [-0.15, -0.1) is 0 Å². The minimum absolute atomic E-state index is 0.0272. The zero-order valence-corrected chi connectivity index (χ0v) is 20.2. The number of para-hydroxylation sites is 2. The fourth-order valence-electron chi connectivity index (χ4n) is 4.07. The van der Waals surface area contributed by atoms with Gasteiger partial charge in [-0.2, -0.15) is 0 Å². The monoisotopic (exact) mass is 521 g/mol. The van der Waals surface area contributed by atoms with Crippen molar-refractivity contribution in [1.82, 2.24) is 4.57 Å². The average Bonchev–Trinajstić information content (AvgIpc) is 3.28. The van der Waals surface area contributed by atoms with Crippen LogP contribution in [0.4, 0.5) is 11.4 Å². The summed E-state index contributed by atoms with van der Waals surface area (Å²) in [5.41, 5.74) is 6.16. The van der Waals surface area contributed by atoms with Crippen LogP contribution in [-0.4, -0.2) is 15.7 Å². The highest BCUT2D eigenvalue weighted by Crippen LogP contribution is 2.36. The summed E-state index contributed by atoms with van der Waals surface area (Å²) >= 11 is 3.53. The molecule has 35 heavy (non-hydrogen) atoms. The first-order chi connectivity index (χ1) is 17.1. The van der Waals surface area contributed by atoms with Crippen LogP contribution < -0.4 is 0 Å². The van der Waals surface area contributed by atoms with Gasteiger partial charge in [-0.25, -0.2) is 4.99 Å². The van der Waals surface area contributed by atoms with Crippen LogP contribution in [0.5, 0.6) is 0 Å². The molecule has 0 amide bonds. The van der Waals surface area contributed by atoms with Gasteiger partial charge >= 0.3 is 0 Å². The number of aromatic nitrogens is 1. The van der Waals surface area contributed by atoms with Crippen LogP contribution >= 0.6 is 15.9 Å². The molecule has 5 nitrogen and oxygen atoms in total. The lowest BCUT2D eigenvalue weighted by Crippen LogP contribution is -2.00.